The lowest BCUT2D eigenvalue weighted by molar-refractivity contribution is -0.274. The van der Waals surface area contributed by atoms with Gasteiger partial charge >= 0.3 is 6.36 Å². The predicted molar refractivity (Wildman–Crippen MR) is 107 cm³/mol. The van der Waals surface area contributed by atoms with Gasteiger partial charge in [0.05, 0.1) is 4.90 Å². The molecule has 0 N–H and O–H groups in total. The Hall–Kier alpha value is -2.73. The predicted octanol–water partition coefficient (Wildman–Crippen LogP) is 3.92. The number of carbonyl (C=O) groups excluding carboxylic acids is 1. The molecule has 180 valence electrons. The lowest BCUT2D eigenvalue weighted by Crippen LogP contribution is -2.43. The van der Waals surface area contributed by atoms with E-state index in [4.69, 9.17) is 0 Å². The highest BCUT2D eigenvalue weighted by Gasteiger charge is 2.34. The van der Waals surface area contributed by atoms with Crippen LogP contribution in [0.1, 0.15) is 18.4 Å². The number of alkyl halides is 3. The summed E-state index contributed by atoms with van der Waals surface area (Å²) < 4.78 is 93.6. The van der Waals surface area contributed by atoms with Crippen LogP contribution in [-0.2, 0) is 21.4 Å². The molecule has 6 nitrogen and oxygen atoms in total. The summed E-state index contributed by atoms with van der Waals surface area (Å²) >= 11 is 0. The minimum Gasteiger partial charge on any atom is -0.406 e. The first-order valence-corrected chi connectivity index (χ1v) is 11.4. The van der Waals surface area contributed by atoms with Crippen LogP contribution in [0.4, 0.5) is 22.0 Å². The minimum absolute atomic E-state index is 0.0368. The molecule has 1 aliphatic rings. The van der Waals surface area contributed by atoms with Gasteiger partial charge in [0, 0.05) is 32.6 Å². The van der Waals surface area contributed by atoms with Gasteiger partial charge in [-0.1, -0.05) is 12.1 Å². The van der Waals surface area contributed by atoms with Gasteiger partial charge < -0.3 is 9.64 Å². The second-order valence-corrected chi connectivity index (χ2v) is 9.58. The van der Waals surface area contributed by atoms with Gasteiger partial charge in [-0.2, -0.15) is 4.31 Å². The van der Waals surface area contributed by atoms with Crippen LogP contribution in [0.5, 0.6) is 5.75 Å². The lowest BCUT2D eigenvalue weighted by atomic mass is 9.96. The molecule has 12 heteroatoms. The quantitative estimate of drug-likeness (QED) is 0.574. The van der Waals surface area contributed by atoms with Crippen molar-refractivity contribution in [3.05, 3.63) is 59.7 Å². The van der Waals surface area contributed by atoms with Gasteiger partial charge in [-0.05, 0) is 48.7 Å². The fourth-order valence-electron chi connectivity index (χ4n) is 3.59. The van der Waals surface area contributed by atoms with Crippen molar-refractivity contribution in [2.45, 2.75) is 30.6 Å². The van der Waals surface area contributed by atoms with E-state index < -0.39 is 33.9 Å². The fraction of sp³-hybridized carbons (Fsp3) is 0.381. The van der Waals surface area contributed by atoms with E-state index in [0.717, 1.165) is 28.6 Å². The molecule has 1 saturated heterocycles. The van der Waals surface area contributed by atoms with Crippen LogP contribution in [0.3, 0.4) is 0 Å². The second kappa shape index (κ2) is 9.64. The number of nitrogens with zero attached hydrogens (tertiary/aromatic N) is 2. The minimum atomic E-state index is -4.79. The van der Waals surface area contributed by atoms with Crippen molar-refractivity contribution in [3.8, 4) is 5.75 Å². The molecule has 0 aliphatic carbocycles. The Morgan fingerprint density at radius 1 is 1.06 bits per heavy atom. The molecule has 33 heavy (non-hydrogen) atoms. The average Bonchev–Trinajstić information content (AvgIpc) is 2.75. The summed E-state index contributed by atoms with van der Waals surface area (Å²) in [5.41, 5.74) is 0.596. The SMILES string of the molecule is CN(Cc1ccc(OC(F)(F)F)cc1)C(=O)C1CCN(S(=O)(=O)c2ccc(F)c(F)c2)CC1. The monoisotopic (exact) mass is 492 g/mol. The molecule has 1 aliphatic heterocycles. The van der Waals surface area contributed by atoms with Gasteiger partial charge in [-0.3, -0.25) is 4.79 Å². The van der Waals surface area contributed by atoms with Crippen molar-refractivity contribution in [2.75, 3.05) is 20.1 Å². The maximum absolute atomic E-state index is 13.4. The van der Waals surface area contributed by atoms with Crippen molar-refractivity contribution in [2.24, 2.45) is 5.92 Å². The van der Waals surface area contributed by atoms with Gasteiger partial charge in [-0.25, -0.2) is 17.2 Å². The summed E-state index contributed by atoms with van der Waals surface area (Å²) in [5, 5.41) is 0. The molecule has 0 radical (unpaired) electrons. The summed E-state index contributed by atoms with van der Waals surface area (Å²) in [6.45, 7) is 0.225. The standard InChI is InChI=1S/C21H21F5N2O4S/c1-27(13-14-2-4-16(5-3-14)32-21(24,25)26)20(29)15-8-10-28(11-9-15)33(30,31)17-6-7-18(22)19(23)12-17/h2-7,12,15H,8-11,13H2,1H3. The highest BCUT2D eigenvalue weighted by Crippen LogP contribution is 2.27. The molecule has 2 aromatic carbocycles. The Labute approximate surface area is 187 Å². The van der Waals surface area contributed by atoms with Crippen LogP contribution in [-0.4, -0.2) is 50.0 Å². The van der Waals surface area contributed by atoms with Gasteiger partial charge in [-0.15, -0.1) is 13.2 Å². The van der Waals surface area contributed by atoms with Crippen LogP contribution in [0, 0.1) is 17.6 Å². The Morgan fingerprint density at radius 2 is 1.67 bits per heavy atom. The van der Waals surface area contributed by atoms with Crippen LogP contribution >= 0.6 is 0 Å². The van der Waals surface area contributed by atoms with Gasteiger partial charge in [0.25, 0.3) is 0 Å². The summed E-state index contributed by atoms with van der Waals surface area (Å²) in [7, 11) is -2.48. The number of carbonyl (C=O) groups is 1. The molecule has 1 heterocycles. The number of halogens is 5. The molecule has 0 aromatic heterocycles. The molecular weight excluding hydrogens is 471 g/mol. The van der Waals surface area contributed by atoms with Crippen molar-refractivity contribution in [1.82, 2.24) is 9.21 Å². The van der Waals surface area contributed by atoms with E-state index in [1.54, 1.807) is 7.05 Å². The molecular formula is C21H21F5N2O4S. The maximum Gasteiger partial charge on any atom is 0.573 e. The maximum atomic E-state index is 13.4. The Kier molecular flexibility index (Phi) is 7.27. The summed E-state index contributed by atoms with van der Waals surface area (Å²) in [6, 6.07) is 7.51. The first kappa shape index (κ1) is 24.9. The van der Waals surface area contributed by atoms with Gasteiger partial charge in [0.15, 0.2) is 11.6 Å². The average molecular weight is 492 g/mol. The number of sulfonamides is 1. The summed E-state index contributed by atoms with van der Waals surface area (Å²) in [4.78, 5) is 13.8. The van der Waals surface area contributed by atoms with E-state index >= 15 is 0 Å². The third-order valence-electron chi connectivity index (χ3n) is 5.28. The van der Waals surface area contributed by atoms with Gasteiger partial charge in [0.2, 0.25) is 15.9 Å². The molecule has 1 amide bonds. The van der Waals surface area contributed by atoms with E-state index in [1.165, 1.54) is 17.0 Å². The Morgan fingerprint density at radius 3 is 2.21 bits per heavy atom. The molecule has 0 unspecified atom stereocenters. The van der Waals surface area contributed by atoms with Crippen LogP contribution in [0.15, 0.2) is 47.4 Å². The van der Waals surface area contributed by atoms with Crippen LogP contribution in [0.25, 0.3) is 0 Å². The smallest absolute Gasteiger partial charge is 0.406 e. The zero-order valence-corrected chi connectivity index (χ0v) is 18.3. The number of rotatable bonds is 6. The van der Waals surface area contributed by atoms with Crippen molar-refractivity contribution < 1.29 is 39.9 Å². The fourth-order valence-corrected chi connectivity index (χ4v) is 5.07. The van der Waals surface area contributed by atoms with Crippen molar-refractivity contribution in [1.29, 1.82) is 0 Å². The number of benzene rings is 2. The highest BCUT2D eigenvalue weighted by molar-refractivity contribution is 7.89. The number of piperidine rings is 1. The molecule has 0 bridgehead atoms. The first-order chi connectivity index (χ1) is 15.4. The van der Waals surface area contributed by atoms with Crippen LogP contribution < -0.4 is 4.74 Å². The topological polar surface area (TPSA) is 66.9 Å². The third-order valence-corrected chi connectivity index (χ3v) is 7.18. The largest absolute Gasteiger partial charge is 0.573 e. The van der Waals surface area contributed by atoms with E-state index in [9.17, 15) is 35.2 Å². The molecule has 0 atom stereocenters. The van der Waals surface area contributed by atoms with E-state index in [2.05, 4.69) is 4.74 Å². The van der Waals surface area contributed by atoms with Crippen LogP contribution in [0.2, 0.25) is 0 Å². The molecule has 0 saturated carbocycles. The molecule has 0 spiro atoms. The molecule has 1 fully saturated rings. The number of hydrogen-bond donors (Lipinski definition) is 0. The zero-order valence-electron chi connectivity index (χ0n) is 17.5. The number of amides is 1. The van der Waals surface area contributed by atoms with E-state index in [-0.39, 0.29) is 49.0 Å². The lowest BCUT2D eigenvalue weighted by Gasteiger charge is -2.32. The summed E-state index contributed by atoms with van der Waals surface area (Å²) in [5.74, 6) is -3.45. The van der Waals surface area contributed by atoms with E-state index in [1.807, 2.05) is 0 Å². The Bertz CT molecular complexity index is 1100. The zero-order chi connectivity index (χ0) is 24.4. The van der Waals surface area contributed by atoms with Crippen molar-refractivity contribution in [3.63, 3.8) is 0 Å². The summed E-state index contributed by atoms with van der Waals surface area (Å²) in [6.07, 6.45) is -4.31. The van der Waals surface area contributed by atoms with Crippen molar-refractivity contribution >= 4 is 15.9 Å². The number of ether oxygens (including phenoxy) is 1. The molecule has 3 rings (SSSR count). The normalized spacial score (nSPS) is 15.9. The molecule has 2 aromatic rings. The second-order valence-electron chi connectivity index (χ2n) is 7.64. The number of hydrogen-bond acceptors (Lipinski definition) is 4. The van der Waals surface area contributed by atoms with E-state index in [0.29, 0.717) is 11.6 Å². The first-order valence-electron chi connectivity index (χ1n) is 9.91. The third kappa shape index (κ3) is 6.20. The van der Waals surface area contributed by atoms with Gasteiger partial charge in [0.1, 0.15) is 5.75 Å². The Balaban J connectivity index is 1.56. The highest BCUT2D eigenvalue weighted by atomic mass is 32.2.